The molecule has 0 radical (unpaired) electrons. The van der Waals surface area contributed by atoms with Crippen LogP contribution in [0.4, 0.5) is 0 Å². The smallest absolute Gasteiger partial charge is 0.0595 e. The zero-order chi connectivity index (χ0) is 13.2. The number of hydrogen-bond donors (Lipinski definition) is 0. The normalized spacial score (nSPS) is 28.3. The summed E-state index contributed by atoms with van der Waals surface area (Å²) in [6, 6.07) is 10.0. The summed E-state index contributed by atoms with van der Waals surface area (Å²) < 4.78 is 12.9. The third-order valence-electron chi connectivity index (χ3n) is 4.17. The fourth-order valence-electron chi connectivity index (χ4n) is 3.00. The molecule has 3 atom stereocenters. The van der Waals surface area contributed by atoms with Crippen LogP contribution >= 0.6 is 0 Å². The Morgan fingerprint density at radius 3 is 2.50 bits per heavy atom. The molecule has 1 saturated carbocycles. The fraction of sp³-hybridized carbons (Fsp3) is 0.625. The van der Waals surface area contributed by atoms with Gasteiger partial charge in [-0.2, -0.15) is 0 Å². The lowest BCUT2D eigenvalue weighted by molar-refractivity contribution is 0.504. The summed E-state index contributed by atoms with van der Waals surface area (Å²) in [5.74, 6) is 1.29. The molecule has 1 aromatic carbocycles. The molecule has 1 aliphatic rings. The van der Waals surface area contributed by atoms with Crippen LogP contribution in [0.1, 0.15) is 46.5 Å². The molecule has 0 aliphatic heterocycles. The van der Waals surface area contributed by atoms with Crippen molar-refractivity contribution in [1.82, 2.24) is 0 Å². The summed E-state index contributed by atoms with van der Waals surface area (Å²) in [5, 5.41) is 0. The lowest BCUT2D eigenvalue weighted by atomic mass is 10.0. The van der Waals surface area contributed by atoms with Crippen molar-refractivity contribution in [2.45, 2.75) is 56.1 Å². The van der Waals surface area contributed by atoms with Gasteiger partial charge in [0, 0.05) is 4.90 Å². The Bertz CT molecular complexity index is 412. The van der Waals surface area contributed by atoms with Gasteiger partial charge in [-0.3, -0.25) is 4.21 Å². The monoisotopic (exact) mass is 264 g/mol. The van der Waals surface area contributed by atoms with Crippen LogP contribution in [0, 0.1) is 11.8 Å². The Morgan fingerprint density at radius 2 is 2.00 bits per heavy atom. The molecule has 1 fully saturated rings. The van der Waals surface area contributed by atoms with Crippen molar-refractivity contribution in [2.75, 3.05) is 0 Å². The first kappa shape index (κ1) is 13.8. The van der Waals surface area contributed by atoms with Crippen LogP contribution in [0.15, 0.2) is 35.2 Å². The van der Waals surface area contributed by atoms with E-state index in [1.54, 1.807) is 0 Å². The molecule has 0 aromatic heterocycles. The molecule has 100 valence electrons. The Kier molecular flexibility index (Phi) is 4.26. The molecule has 1 aromatic rings. The Balaban J connectivity index is 2.19. The second-order valence-corrected chi connectivity index (χ2v) is 7.63. The van der Waals surface area contributed by atoms with Crippen molar-refractivity contribution in [1.29, 1.82) is 0 Å². The highest BCUT2D eigenvalue weighted by Gasteiger charge is 2.59. The fourth-order valence-corrected chi connectivity index (χ4v) is 5.09. The van der Waals surface area contributed by atoms with Crippen LogP contribution in [0.2, 0.25) is 0 Å². The molecule has 0 bridgehead atoms. The lowest BCUT2D eigenvalue weighted by Gasteiger charge is -2.18. The first-order valence-electron chi connectivity index (χ1n) is 7.08. The number of hydrogen-bond acceptors (Lipinski definition) is 1. The van der Waals surface area contributed by atoms with Gasteiger partial charge in [-0.15, -0.1) is 0 Å². The van der Waals surface area contributed by atoms with E-state index >= 15 is 0 Å². The summed E-state index contributed by atoms with van der Waals surface area (Å²) in [6.45, 7) is 6.74. The summed E-state index contributed by atoms with van der Waals surface area (Å²) in [6.07, 6.45) is 4.65. The number of unbranched alkanes of at least 4 members (excludes halogenated alkanes) is 1. The van der Waals surface area contributed by atoms with Gasteiger partial charge >= 0.3 is 0 Å². The van der Waals surface area contributed by atoms with Gasteiger partial charge in [-0.05, 0) is 36.8 Å². The first-order valence-corrected chi connectivity index (χ1v) is 8.23. The van der Waals surface area contributed by atoms with E-state index in [1.165, 1.54) is 12.8 Å². The summed E-state index contributed by atoms with van der Waals surface area (Å²) in [5.41, 5.74) is 0. The highest BCUT2D eigenvalue weighted by Crippen LogP contribution is 2.57. The molecule has 2 heteroatoms. The van der Waals surface area contributed by atoms with Gasteiger partial charge in [0.25, 0.3) is 0 Å². The molecular weight excluding hydrogens is 240 g/mol. The van der Waals surface area contributed by atoms with E-state index in [9.17, 15) is 4.21 Å². The van der Waals surface area contributed by atoms with Gasteiger partial charge in [0.1, 0.15) is 0 Å². The van der Waals surface area contributed by atoms with Crippen molar-refractivity contribution >= 4 is 10.8 Å². The molecule has 0 spiro atoms. The molecule has 2 rings (SSSR count). The van der Waals surface area contributed by atoms with E-state index in [4.69, 9.17) is 0 Å². The van der Waals surface area contributed by atoms with Gasteiger partial charge in [0.2, 0.25) is 0 Å². The van der Waals surface area contributed by atoms with Crippen LogP contribution in [-0.4, -0.2) is 8.96 Å². The number of rotatable bonds is 6. The van der Waals surface area contributed by atoms with Crippen LogP contribution in [0.3, 0.4) is 0 Å². The quantitative estimate of drug-likeness (QED) is 0.744. The molecule has 1 aliphatic carbocycles. The second-order valence-electron chi connectivity index (χ2n) is 5.80. The topological polar surface area (TPSA) is 17.1 Å². The minimum atomic E-state index is -0.835. The highest BCUT2D eigenvalue weighted by atomic mass is 32.2. The molecule has 0 amide bonds. The first-order chi connectivity index (χ1) is 8.62. The Labute approximate surface area is 113 Å². The van der Waals surface area contributed by atoms with Crippen molar-refractivity contribution in [3.63, 3.8) is 0 Å². The Morgan fingerprint density at radius 1 is 1.33 bits per heavy atom. The largest absolute Gasteiger partial charge is 0.254 e. The molecule has 0 N–H and O–H groups in total. The van der Waals surface area contributed by atoms with E-state index < -0.39 is 10.8 Å². The van der Waals surface area contributed by atoms with E-state index in [0.29, 0.717) is 11.8 Å². The van der Waals surface area contributed by atoms with Crippen LogP contribution < -0.4 is 0 Å². The molecule has 1 nitrogen and oxygen atoms in total. The molecule has 0 heterocycles. The lowest BCUT2D eigenvalue weighted by Crippen LogP contribution is -2.22. The average molecular weight is 264 g/mol. The maximum Gasteiger partial charge on any atom is 0.0595 e. The summed E-state index contributed by atoms with van der Waals surface area (Å²) >= 11 is 0. The van der Waals surface area contributed by atoms with Gasteiger partial charge in [0.15, 0.2) is 0 Å². The molecule has 0 saturated heterocycles. The third-order valence-corrected chi connectivity index (χ3v) is 6.28. The van der Waals surface area contributed by atoms with Crippen molar-refractivity contribution in [3.05, 3.63) is 30.3 Å². The molecule has 18 heavy (non-hydrogen) atoms. The van der Waals surface area contributed by atoms with Crippen LogP contribution in [0.25, 0.3) is 0 Å². The zero-order valence-electron chi connectivity index (χ0n) is 11.7. The minimum Gasteiger partial charge on any atom is -0.254 e. The Hall–Kier alpha value is -0.630. The zero-order valence-corrected chi connectivity index (χ0v) is 12.5. The van der Waals surface area contributed by atoms with Crippen LogP contribution in [0.5, 0.6) is 0 Å². The minimum absolute atomic E-state index is 0.0749. The van der Waals surface area contributed by atoms with Gasteiger partial charge < -0.3 is 0 Å². The molecule has 1 unspecified atom stereocenters. The van der Waals surface area contributed by atoms with Gasteiger partial charge in [-0.25, -0.2) is 0 Å². The van der Waals surface area contributed by atoms with E-state index in [2.05, 4.69) is 20.8 Å². The predicted molar refractivity (Wildman–Crippen MR) is 78.1 cm³/mol. The van der Waals surface area contributed by atoms with Gasteiger partial charge in [-0.1, -0.05) is 51.8 Å². The summed E-state index contributed by atoms with van der Waals surface area (Å²) in [7, 11) is -0.835. The van der Waals surface area contributed by atoms with Gasteiger partial charge in [0.05, 0.1) is 15.5 Å². The van der Waals surface area contributed by atoms with E-state index in [1.807, 2.05) is 30.3 Å². The van der Waals surface area contributed by atoms with Crippen molar-refractivity contribution in [3.8, 4) is 0 Å². The maximum atomic E-state index is 12.9. The van der Waals surface area contributed by atoms with Crippen LogP contribution in [-0.2, 0) is 10.8 Å². The average Bonchev–Trinajstić information content (AvgIpc) is 3.13. The van der Waals surface area contributed by atoms with E-state index in [-0.39, 0.29) is 4.75 Å². The standard InChI is InChI=1S/C16H24OS/c1-4-5-11-16(12-15(16)13(2)3)18(17)14-9-7-6-8-10-14/h6-10,13,15H,4-5,11-12H2,1-3H3/t15?,16-,18+/m1/s1. The predicted octanol–water partition coefficient (Wildman–Crippen LogP) is 4.40. The second kappa shape index (κ2) is 5.56. The molecular formula is C16H24OS. The summed E-state index contributed by atoms with van der Waals surface area (Å²) in [4.78, 5) is 1.01. The maximum absolute atomic E-state index is 12.9. The highest BCUT2D eigenvalue weighted by molar-refractivity contribution is 7.86. The third kappa shape index (κ3) is 2.54. The SMILES string of the molecule is CCCC[C@@]1([S@@](=O)c2ccccc2)CC1C(C)C. The van der Waals surface area contributed by atoms with Crippen molar-refractivity contribution < 1.29 is 4.21 Å². The number of benzene rings is 1. The van der Waals surface area contributed by atoms with E-state index in [0.717, 1.165) is 17.7 Å². The van der Waals surface area contributed by atoms with Crippen molar-refractivity contribution in [2.24, 2.45) is 11.8 Å².